The van der Waals surface area contributed by atoms with Crippen molar-refractivity contribution >= 4 is 5.91 Å². The van der Waals surface area contributed by atoms with Crippen LogP contribution in [0.1, 0.15) is 47.8 Å². The Morgan fingerprint density at radius 2 is 1.95 bits per heavy atom. The second-order valence-electron chi connectivity index (χ2n) is 5.38. The lowest BCUT2D eigenvalue weighted by Gasteiger charge is -2.25. The summed E-state index contributed by atoms with van der Waals surface area (Å²) >= 11 is 0. The number of rotatable bonds is 4. The van der Waals surface area contributed by atoms with E-state index in [9.17, 15) is 4.79 Å². The molecule has 1 amide bonds. The molecule has 1 fully saturated rings. The van der Waals surface area contributed by atoms with Crippen LogP contribution < -0.4 is 5.32 Å². The van der Waals surface area contributed by atoms with E-state index >= 15 is 0 Å². The minimum absolute atomic E-state index is 0.0803. The van der Waals surface area contributed by atoms with E-state index in [1.54, 1.807) is 12.3 Å². The van der Waals surface area contributed by atoms with Gasteiger partial charge < -0.3 is 5.32 Å². The average molecular weight is 269 g/mol. The second kappa shape index (κ2) is 5.90. The smallest absolute Gasteiger partial charge is 0.269 e. The maximum absolute atomic E-state index is 12.3. The Hall–Kier alpha value is -2.10. The zero-order valence-electron chi connectivity index (χ0n) is 11.4. The summed E-state index contributed by atoms with van der Waals surface area (Å²) in [4.78, 5) is 12.3. The summed E-state index contributed by atoms with van der Waals surface area (Å²) in [5.41, 5.74) is 1.70. The third kappa shape index (κ3) is 2.74. The zero-order chi connectivity index (χ0) is 13.8. The lowest BCUT2D eigenvalue weighted by atomic mass is 9.91. The number of benzene rings is 1. The summed E-state index contributed by atoms with van der Waals surface area (Å²) in [6, 6.07) is 12.0. The van der Waals surface area contributed by atoms with Gasteiger partial charge in [0.05, 0.1) is 6.04 Å². The third-order valence-electron chi connectivity index (χ3n) is 4.06. The number of H-pyrrole nitrogens is 1. The van der Waals surface area contributed by atoms with Gasteiger partial charge in [-0.05, 0) is 30.4 Å². The fourth-order valence-electron chi connectivity index (χ4n) is 3.03. The quantitative estimate of drug-likeness (QED) is 0.896. The average Bonchev–Trinajstić information content (AvgIpc) is 3.18. The third-order valence-corrected chi connectivity index (χ3v) is 4.06. The van der Waals surface area contributed by atoms with E-state index in [2.05, 4.69) is 27.6 Å². The molecule has 1 aliphatic rings. The molecule has 1 atom stereocenters. The van der Waals surface area contributed by atoms with Gasteiger partial charge in [0, 0.05) is 6.20 Å². The van der Waals surface area contributed by atoms with Gasteiger partial charge >= 0.3 is 0 Å². The van der Waals surface area contributed by atoms with Gasteiger partial charge in [0.2, 0.25) is 0 Å². The van der Waals surface area contributed by atoms with Gasteiger partial charge in [0.1, 0.15) is 5.69 Å². The SMILES string of the molecule is O=C(NC(c1ccccc1)C1CCCC1)c1ccn[nH]1. The van der Waals surface area contributed by atoms with E-state index in [-0.39, 0.29) is 11.9 Å². The number of nitrogens with one attached hydrogen (secondary N) is 2. The summed E-state index contributed by atoms with van der Waals surface area (Å²) in [6.45, 7) is 0. The molecule has 2 aromatic rings. The molecule has 0 spiro atoms. The molecule has 1 aliphatic carbocycles. The molecule has 1 saturated carbocycles. The summed E-state index contributed by atoms with van der Waals surface area (Å²) in [5.74, 6) is 0.451. The van der Waals surface area contributed by atoms with Crippen LogP contribution >= 0.6 is 0 Å². The molecule has 4 nitrogen and oxygen atoms in total. The predicted molar refractivity (Wildman–Crippen MR) is 77.2 cm³/mol. The number of nitrogens with zero attached hydrogens (tertiary/aromatic N) is 1. The van der Waals surface area contributed by atoms with E-state index in [0.29, 0.717) is 11.6 Å². The van der Waals surface area contributed by atoms with Crippen molar-refractivity contribution in [3.05, 3.63) is 53.9 Å². The monoisotopic (exact) mass is 269 g/mol. The van der Waals surface area contributed by atoms with Crippen LogP contribution in [-0.4, -0.2) is 16.1 Å². The molecule has 0 saturated heterocycles. The van der Waals surface area contributed by atoms with Gasteiger partial charge in [0.25, 0.3) is 5.91 Å². The molecule has 2 N–H and O–H groups in total. The number of hydrogen-bond acceptors (Lipinski definition) is 2. The highest BCUT2D eigenvalue weighted by molar-refractivity contribution is 5.92. The highest BCUT2D eigenvalue weighted by Crippen LogP contribution is 2.35. The van der Waals surface area contributed by atoms with E-state index in [4.69, 9.17) is 0 Å². The first-order chi connectivity index (χ1) is 9.84. The summed E-state index contributed by atoms with van der Waals surface area (Å²) in [7, 11) is 0. The summed E-state index contributed by atoms with van der Waals surface area (Å²) in [6.07, 6.45) is 6.48. The molecular formula is C16H19N3O. The van der Waals surface area contributed by atoms with Crippen molar-refractivity contribution in [1.29, 1.82) is 0 Å². The van der Waals surface area contributed by atoms with Gasteiger partial charge in [-0.3, -0.25) is 9.89 Å². The molecule has 1 aromatic heterocycles. The van der Waals surface area contributed by atoms with Crippen molar-refractivity contribution in [2.24, 2.45) is 5.92 Å². The first-order valence-electron chi connectivity index (χ1n) is 7.20. The van der Waals surface area contributed by atoms with E-state index in [0.717, 1.165) is 0 Å². The topological polar surface area (TPSA) is 57.8 Å². The van der Waals surface area contributed by atoms with Crippen LogP contribution in [0.2, 0.25) is 0 Å². The van der Waals surface area contributed by atoms with E-state index in [1.807, 2.05) is 18.2 Å². The Morgan fingerprint density at radius 1 is 1.20 bits per heavy atom. The fraction of sp³-hybridized carbons (Fsp3) is 0.375. The molecule has 0 bridgehead atoms. The van der Waals surface area contributed by atoms with Crippen molar-refractivity contribution in [3.63, 3.8) is 0 Å². The maximum Gasteiger partial charge on any atom is 0.269 e. The number of hydrogen-bond donors (Lipinski definition) is 2. The molecule has 0 radical (unpaired) electrons. The highest BCUT2D eigenvalue weighted by atomic mass is 16.2. The Morgan fingerprint density at radius 3 is 2.60 bits per heavy atom. The van der Waals surface area contributed by atoms with Crippen molar-refractivity contribution in [1.82, 2.24) is 15.5 Å². The van der Waals surface area contributed by atoms with Crippen molar-refractivity contribution in [2.45, 2.75) is 31.7 Å². The Balaban J connectivity index is 1.80. The molecule has 1 unspecified atom stereocenters. The first-order valence-corrected chi connectivity index (χ1v) is 7.20. The van der Waals surface area contributed by atoms with Gasteiger partial charge in [-0.1, -0.05) is 43.2 Å². The van der Waals surface area contributed by atoms with Crippen LogP contribution in [0.3, 0.4) is 0 Å². The Bertz CT molecular complexity index is 544. The number of aromatic nitrogens is 2. The minimum Gasteiger partial charge on any atom is -0.344 e. The summed E-state index contributed by atoms with van der Waals surface area (Å²) in [5, 5.41) is 9.72. The standard InChI is InChI=1S/C16H19N3O/c20-16(14-10-11-17-19-14)18-15(13-8-4-5-9-13)12-6-2-1-3-7-12/h1-3,6-7,10-11,13,15H,4-5,8-9H2,(H,17,19)(H,18,20). The molecule has 0 aliphatic heterocycles. The number of carbonyl (C=O) groups is 1. The Kier molecular flexibility index (Phi) is 3.81. The predicted octanol–water partition coefficient (Wildman–Crippen LogP) is 3.07. The lowest BCUT2D eigenvalue weighted by molar-refractivity contribution is 0.0916. The second-order valence-corrected chi connectivity index (χ2v) is 5.38. The molecule has 4 heteroatoms. The molecular weight excluding hydrogens is 250 g/mol. The normalized spacial score (nSPS) is 17.0. The van der Waals surface area contributed by atoms with Crippen LogP contribution in [-0.2, 0) is 0 Å². The van der Waals surface area contributed by atoms with Crippen molar-refractivity contribution < 1.29 is 4.79 Å². The van der Waals surface area contributed by atoms with Gasteiger partial charge in [-0.15, -0.1) is 0 Å². The van der Waals surface area contributed by atoms with Crippen LogP contribution in [0.4, 0.5) is 0 Å². The summed E-state index contributed by atoms with van der Waals surface area (Å²) < 4.78 is 0. The molecule has 1 aromatic carbocycles. The van der Waals surface area contributed by atoms with Crippen LogP contribution in [0.5, 0.6) is 0 Å². The van der Waals surface area contributed by atoms with Crippen LogP contribution in [0, 0.1) is 5.92 Å². The highest BCUT2D eigenvalue weighted by Gasteiger charge is 2.28. The molecule has 20 heavy (non-hydrogen) atoms. The van der Waals surface area contributed by atoms with Crippen LogP contribution in [0.25, 0.3) is 0 Å². The largest absolute Gasteiger partial charge is 0.344 e. The zero-order valence-corrected chi connectivity index (χ0v) is 11.4. The lowest BCUT2D eigenvalue weighted by Crippen LogP contribution is -2.33. The van der Waals surface area contributed by atoms with Crippen LogP contribution in [0.15, 0.2) is 42.6 Å². The van der Waals surface area contributed by atoms with Gasteiger partial charge in [-0.2, -0.15) is 5.10 Å². The minimum atomic E-state index is -0.0803. The number of aromatic amines is 1. The van der Waals surface area contributed by atoms with E-state index < -0.39 is 0 Å². The fourth-order valence-corrected chi connectivity index (χ4v) is 3.03. The van der Waals surface area contributed by atoms with Crippen molar-refractivity contribution in [3.8, 4) is 0 Å². The van der Waals surface area contributed by atoms with Gasteiger partial charge in [-0.25, -0.2) is 0 Å². The number of amides is 1. The van der Waals surface area contributed by atoms with Gasteiger partial charge in [0.15, 0.2) is 0 Å². The maximum atomic E-state index is 12.3. The molecule has 104 valence electrons. The molecule has 1 heterocycles. The number of carbonyl (C=O) groups excluding carboxylic acids is 1. The molecule has 3 rings (SSSR count). The van der Waals surface area contributed by atoms with E-state index in [1.165, 1.54) is 31.2 Å². The van der Waals surface area contributed by atoms with Crippen molar-refractivity contribution in [2.75, 3.05) is 0 Å². The Labute approximate surface area is 118 Å². The first kappa shape index (κ1) is 12.9.